The zero-order valence-corrected chi connectivity index (χ0v) is 18.9. The van der Waals surface area contributed by atoms with Crippen LogP contribution in [0.5, 0.6) is 0 Å². The standard InChI is InChI=1S/C19H28F10N2O4/c1-32-16(22,23)17(24,25)35-19(28,29)18(26,27)34-15(20,21)13-33-12-6-11-31-10-5-9-30-8-4-2-3-7-14(30)31/h14H,2-13H2,1H3. The van der Waals surface area contributed by atoms with Gasteiger partial charge in [-0.2, -0.15) is 43.9 Å². The topological polar surface area (TPSA) is 43.4 Å². The predicted octanol–water partition coefficient (Wildman–Crippen LogP) is 4.94. The minimum absolute atomic E-state index is 0.0482. The summed E-state index contributed by atoms with van der Waals surface area (Å²) in [4.78, 5) is 4.50. The molecule has 16 heteroatoms. The van der Waals surface area contributed by atoms with Gasteiger partial charge in [0.15, 0.2) is 0 Å². The van der Waals surface area contributed by atoms with Gasteiger partial charge in [0.2, 0.25) is 0 Å². The van der Waals surface area contributed by atoms with Gasteiger partial charge in [-0.1, -0.05) is 12.8 Å². The third-order valence-corrected chi connectivity index (χ3v) is 5.61. The van der Waals surface area contributed by atoms with Crippen LogP contribution in [0, 0.1) is 0 Å². The first-order chi connectivity index (χ1) is 16.0. The van der Waals surface area contributed by atoms with E-state index in [4.69, 9.17) is 0 Å². The summed E-state index contributed by atoms with van der Waals surface area (Å²) < 4.78 is 145. The van der Waals surface area contributed by atoms with Crippen LogP contribution < -0.4 is 0 Å². The Bertz CT molecular complexity index is 672. The lowest BCUT2D eigenvalue weighted by Crippen LogP contribution is -2.56. The molecule has 0 aromatic carbocycles. The minimum Gasteiger partial charge on any atom is -0.372 e. The molecule has 2 fully saturated rings. The van der Waals surface area contributed by atoms with Crippen LogP contribution in [0.2, 0.25) is 0 Å². The molecule has 0 aromatic rings. The molecule has 0 N–H and O–H groups in total. The van der Waals surface area contributed by atoms with Crippen LogP contribution in [0.4, 0.5) is 43.9 Å². The van der Waals surface area contributed by atoms with Crippen LogP contribution >= 0.6 is 0 Å². The van der Waals surface area contributed by atoms with Crippen molar-refractivity contribution < 1.29 is 62.9 Å². The average molecular weight is 538 g/mol. The number of alkyl halides is 10. The fraction of sp³-hybridized carbons (Fsp3) is 1.00. The maximum Gasteiger partial charge on any atom is 0.453 e. The molecule has 6 nitrogen and oxygen atoms in total. The molecule has 0 aliphatic carbocycles. The largest absolute Gasteiger partial charge is 0.453 e. The zero-order valence-electron chi connectivity index (χ0n) is 18.9. The van der Waals surface area contributed by atoms with Crippen molar-refractivity contribution >= 4 is 0 Å². The lowest BCUT2D eigenvalue weighted by molar-refractivity contribution is -0.544. The van der Waals surface area contributed by atoms with Crippen LogP contribution in [0.3, 0.4) is 0 Å². The second-order valence-electron chi connectivity index (χ2n) is 8.27. The lowest BCUT2D eigenvalue weighted by atomic mass is 10.1. The molecule has 0 aromatic heterocycles. The van der Waals surface area contributed by atoms with E-state index in [0.29, 0.717) is 6.54 Å². The summed E-state index contributed by atoms with van der Waals surface area (Å²) >= 11 is 0. The van der Waals surface area contributed by atoms with Gasteiger partial charge in [0.1, 0.15) is 6.61 Å². The number of halogens is 10. The Labute approximate surface area is 195 Å². The van der Waals surface area contributed by atoms with Gasteiger partial charge in [0.05, 0.1) is 6.17 Å². The van der Waals surface area contributed by atoms with Crippen molar-refractivity contribution in [3.8, 4) is 0 Å². The van der Waals surface area contributed by atoms with Crippen molar-refractivity contribution in [2.75, 3.05) is 46.5 Å². The first-order valence-corrected chi connectivity index (χ1v) is 10.9. The fourth-order valence-corrected chi connectivity index (χ4v) is 3.95. The first kappa shape index (κ1) is 30.3. The number of hydrogen-bond donors (Lipinski definition) is 0. The summed E-state index contributed by atoms with van der Waals surface area (Å²) in [6, 6.07) is 0. The van der Waals surface area contributed by atoms with E-state index >= 15 is 0 Å². The summed E-state index contributed by atoms with van der Waals surface area (Å²) in [5, 5.41) is 0. The van der Waals surface area contributed by atoms with Gasteiger partial charge in [-0.25, -0.2) is 9.47 Å². The third kappa shape index (κ3) is 8.02. The van der Waals surface area contributed by atoms with Crippen LogP contribution in [0.25, 0.3) is 0 Å². The van der Waals surface area contributed by atoms with E-state index in [-0.39, 0.29) is 26.3 Å². The van der Waals surface area contributed by atoms with Gasteiger partial charge in [-0.15, -0.1) is 0 Å². The van der Waals surface area contributed by atoms with Crippen molar-refractivity contribution in [1.29, 1.82) is 0 Å². The molecule has 2 heterocycles. The minimum atomic E-state index is -6.58. The number of hydrogen-bond acceptors (Lipinski definition) is 6. The summed E-state index contributed by atoms with van der Waals surface area (Å²) in [5.41, 5.74) is 0. The molecule has 0 amide bonds. The Morgan fingerprint density at radius 3 is 1.97 bits per heavy atom. The van der Waals surface area contributed by atoms with Crippen LogP contribution in [-0.4, -0.2) is 93.0 Å². The van der Waals surface area contributed by atoms with E-state index in [1.54, 1.807) is 0 Å². The van der Waals surface area contributed by atoms with Gasteiger partial charge in [-0.05, 0) is 32.2 Å². The Morgan fingerprint density at radius 2 is 1.31 bits per heavy atom. The number of fused-ring (bicyclic) bond motifs is 1. The maximum atomic E-state index is 13.6. The zero-order chi connectivity index (χ0) is 26.5. The SMILES string of the molecule is COC(F)(F)C(F)(F)OC(F)(F)C(F)(F)OC(F)(F)COCCCN1CCCN2CCCCCC21. The molecular formula is C19H28F10N2O4. The number of methoxy groups -OCH3 is 1. The molecule has 0 radical (unpaired) electrons. The van der Waals surface area contributed by atoms with Gasteiger partial charge in [0.25, 0.3) is 0 Å². The second kappa shape index (κ2) is 11.6. The number of ether oxygens (including phenoxy) is 4. The summed E-state index contributed by atoms with van der Waals surface area (Å²) in [7, 11) is -0.0482. The highest BCUT2D eigenvalue weighted by molar-refractivity contribution is 4.81. The Morgan fingerprint density at radius 1 is 0.714 bits per heavy atom. The van der Waals surface area contributed by atoms with Crippen molar-refractivity contribution in [3.05, 3.63) is 0 Å². The molecule has 1 unspecified atom stereocenters. The van der Waals surface area contributed by atoms with Gasteiger partial charge < -0.3 is 9.47 Å². The maximum absolute atomic E-state index is 13.6. The average Bonchev–Trinajstić information content (AvgIpc) is 2.97. The molecule has 2 saturated heterocycles. The van der Waals surface area contributed by atoms with Crippen molar-refractivity contribution in [2.24, 2.45) is 0 Å². The van der Waals surface area contributed by atoms with Crippen LogP contribution in [-0.2, 0) is 18.9 Å². The summed E-state index contributed by atoms with van der Waals surface area (Å²) in [5.74, 6) is 0. The van der Waals surface area contributed by atoms with Gasteiger partial charge in [0, 0.05) is 33.4 Å². The lowest BCUT2D eigenvalue weighted by Gasteiger charge is -2.43. The molecule has 1 atom stereocenters. The van der Waals surface area contributed by atoms with E-state index in [1.807, 2.05) is 0 Å². The monoisotopic (exact) mass is 538 g/mol. The van der Waals surface area contributed by atoms with E-state index in [2.05, 4.69) is 28.7 Å². The predicted molar refractivity (Wildman–Crippen MR) is 99.4 cm³/mol. The quantitative estimate of drug-likeness (QED) is 0.245. The Kier molecular flexibility index (Phi) is 10.1. The molecule has 0 saturated carbocycles. The Balaban J connectivity index is 1.82. The van der Waals surface area contributed by atoms with Crippen LogP contribution in [0.15, 0.2) is 0 Å². The number of nitrogens with zero attached hydrogens (tertiary/aromatic N) is 2. The van der Waals surface area contributed by atoms with Crippen molar-refractivity contribution in [3.63, 3.8) is 0 Å². The highest BCUT2D eigenvalue weighted by Gasteiger charge is 2.72. The van der Waals surface area contributed by atoms with E-state index in [9.17, 15) is 43.9 Å². The van der Waals surface area contributed by atoms with Gasteiger partial charge >= 0.3 is 30.5 Å². The smallest absolute Gasteiger partial charge is 0.372 e. The van der Waals surface area contributed by atoms with Crippen molar-refractivity contribution in [1.82, 2.24) is 9.80 Å². The van der Waals surface area contributed by atoms with E-state index in [1.165, 1.54) is 0 Å². The molecule has 2 rings (SSSR count). The van der Waals surface area contributed by atoms with E-state index < -0.39 is 37.1 Å². The van der Waals surface area contributed by atoms with Crippen molar-refractivity contribution in [2.45, 2.75) is 75.2 Å². The molecule has 0 spiro atoms. The highest BCUT2D eigenvalue weighted by atomic mass is 19.4. The third-order valence-electron chi connectivity index (χ3n) is 5.61. The van der Waals surface area contributed by atoms with E-state index in [0.717, 1.165) is 51.7 Å². The second-order valence-corrected chi connectivity index (χ2v) is 8.27. The fourth-order valence-electron chi connectivity index (χ4n) is 3.95. The summed E-state index contributed by atoms with van der Waals surface area (Å²) in [6.45, 7) is 0.877. The molecule has 2 aliphatic heterocycles. The van der Waals surface area contributed by atoms with Gasteiger partial charge in [-0.3, -0.25) is 9.80 Å². The normalized spacial score (nSPS) is 22.2. The number of rotatable bonds is 13. The molecule has 208 valence electrons. The first-order valence-electron chi connectivity index (χ1n) is 10.9. The summed E-state index contributed by atoms with van der Waals surface area (Å²) in [6.07, 6.45) is -24.6. The molecule has 2 aliphatic rings. The molecule has 0 bridgehead atoms. The molecular weight excluding hydrogens is 510 g/mol. The highest BCUT2D eigenvalue weighted by Crippen LogP contribution is 2.47. The molecule has 35 heavy (non-hydrogen) atoms. The van der Waals surface area contributed by atoms with Crippen LogP contribution in [0.1, 0.15) is 38.5 Å². The Hall–Kier alpha value is -0.940.